The predicted octanol–water partition coefficient (Wildman–Crippen LogP) is -0.226. The first-order chi connectivity index (χ1) is 10.8. The minimum Gasteiger partial charge on any atom is -0.334 e. The molecule has 2 aromatic rings. The Morgan fingerprint density at radius 3 is 2.74 bits per heavy atom. The highest BCUT2D eigenvalue weighted by atomic mass is 32.2. The van der Waals surface area contributed by atoms with Crippen molar-refractivity contribution in [3.63, 3.8) is 0 Å². The number of nitrogens with zero attached hydrogens (tertiary/aromatic N) is 4. The number of aromatic amines is 1. The second-order valence-electron chi connectivity index (χ2n) is 5.88. The van der Waals surface area contributed by atoms with Crippen LogP contribution in [0.5, 0.6) is 0 Å². The van der Waals surface area contributed by atoms with Crippen molar-refractivity contribution in [2.24, 2.45) is 7.05 Å². The lowest BCUT2D eigenvalue weighted by Crippen LogP contribution is -2.36. The van der Waals surface area contributed by atoms with E-state index in [1.54, 1.807) is 0 Å². The van der Waals surface area contributed by atoms with Gasteiger partial charge in [-0.3, -0.25) is 14.7 Å². The van der Waals surface area contributed by atoms with Crippen LogP contribution in [0.3, 0.4) is 0 Å². The topological polar surface area (TPSA) is 101 Å². The summed E-state index contributed by atoms with van der Waals surface area (Å²) in [6.45, 7) is 3.79. The van der Waals surface area contributed by atoms with Crippen LogP contribution in [0.1, 0.15) is 22.8 Å². The van der Waals surface area contributed by atoms with Crippen molar-refractivity contribution < 1.29 is 8.42 Å². The van der Waals surface area contributed by atoms with Crippen LogP contribution in [-0.4, -0.2) is 45.6 Å². The molecule has 0 aliphatic carbocycles. The molecule has 0 fully saturated rings. The Morgan fingerprint density at radius 2 is 2.13 bits per heavy atom. The van der Waals surface area contributed by atoms with Gasteiger partial charge in [-0.05, 0) is 6.92 Å². The maximum atomic E-state index is 12.2. The van der Waals surface area contributed by atoms with Crippen LogP contribution >= 0.6 is 0 Å². The molecule has 0 saturated carbocycles. The van der Waals surface area contributed by atoms with Gasteiger partial charge in [0.15, 0.2) is 0 Å². The predicted molar refractivity (Wildman–Crippen MR) is 83.7 cm³/mol. The van der Waals surface area contributed by atoms with Crippen LogP contribution in [0.25, 0.3) is 0 Å². The zero-order chi connectivity index (χ0) is 16.8. The van der Waals surface area contributed by atoms with Gasteiger partial charge in [-0.25, -0.2) is 18.4 Å². The van der Waals surface area contributed by atoms with Crippen molar-refractivity contribution in [2.75, 3.05) is 12.8 Å². The molecule has 2 aromatic heterocycles. The molecule has 0 spiro atoms. The molecule has 9 heteroatoms. The van der Waals surface area contributed by atoms with Crippen LogP contribution < -0.4 is 5.56 Å². The molecule has 124 valence electrons. The quantitative estimate of drug-likeness (QED) is 0.777. The van der Waals surface area contributed by atoms with E-state index in [1.807, 2.05) is 24.7 Å². The van der Waals surface area contributed by atoms with Gasteiger partial charge in [0.1, 0.15) is 5.82 Å². The zero-order valence-electron chi connectivity index (χ0n) is 13.3. The number of nitrogens with one attached hydrogen (secondary N) is 1. The number of aromatic nitrogens is 4. The molecule has 1 aliphatic rings. The molecule has 23 heavy (non-hydrogen) atoms. The first-order valence-corrected chi connectivity index (χ1v) is 9.16. The van der Waals surface area contributed by atoms with E-state index in [0.29, 0.717) is 30.8 Å². The summed E-state index contributed by atoms with van der Waals surface area (Å²) < 4.78 is 25.1. The average molecular weight is 337 g/mol. The molecule has 0 amide bonds. The molecular formula is C14H19N5O3S. The minimum atomic E-state index is -3.52. The lowest BCUT2D eigenvalue weighted by molar-refractivity contribution is 0.235. The highest BCUT2D eigenvalue weighted by molar-refractivity contribution is 7.90. The van der Waals surface area contributed by atoms with Gasteiger partial charge in [0, 0.05) is 45.6 Å². The lowest BCUT2D eigenvalue weighted by Gasteiger charge is -2.27. The minimum absolute atomic E-state index is 0.253. The zero-order valence-corrected chi connectivity index (χ0v) is 14.1. The van der Waals surface area contributed by atoms with Crippen LogP contribution in [0.15, 0.2) is 16.1 Å². The lowest BCUT2D eigenvalue weighted by atomic mass is 10.1. The number of aryl methyl sites for hydroxylation is 1. The van der Waals surface area contributed by atoms with Crippen LogP contribution in [0.2, 0.25) is 0 Å². The van der Waals surface area contributed by atoms with Gasteiger partial charge >= 0.3 is 0 Å². The monoisotopic (exact) mass is 337 g/mol. The third-order valence-electron chi connectivity index (χ3n) is 4.18. The number of H-pyrrole nitrogens is 1. The van der Waals surface area contributed by atoms with E-state index in [4.69, 9.17) is 0 Å². The molecule has 0 unspecified atom stereocenters. The van der Waals surface area contributed by atoms with Gasteiger partial charge in [0.2, 0.25) is 15.0 Å². The van der Waals surface area contributed by atoms with Crippen molar-refractivity contribution in [1.29, 1.82) is 0 Å². The van der Waals surface area contributed by atoms with E-state index in [1.165, 1.54) is 0 Å². The molecule has 1 N–H and O–H groups in total. The number of sulfone groups is 1. The summed E-state index contributed by atoms with van der Waals surface area (Å²) in [5.41, 5.74) is 1.82. The summed E-state index contributed by atoms with van der Waals surface area (Å²) in [6, 6.07) is 0. The summed E-state index contributed by atoms with van der Waals surface area (Å²) in [5, 5.41) is -0.253. The molecule has 0 atom stereocenters. The van der Waals surface area contributed by atoms with Crippen LogP contribution in [-0.2, 0) is 36.4 Å². The second-order valence-corrected chi connectivity index (χ2v) is 7.82. The van der Waals surface area contributed by atoms with E-state index >= 15 is 0 Å². The van der Waals surface area contributed by atoms with E-state index in [0.717, 1.165) is 24.3 Å². The van der Waals surface area contributed by atoms with Gasteiger partial charge in [-0.2, -0.15) is 0 Å². The van der Waals surface area contributed by atoms with Gasteiger partial charge in [0.25, 0.3) is 5.56 Å². The summed E-state index contributed by atoms with van der Waals surface area (Å²) >= 11 is 0. The SMILES string of the molecule is Cc1ncc(CN2CCc3nc(S(C)(=O)=O)[nH]c(=O)c3C2)n1C. The number of hydrogen-bond donors (Lipinski definition) is 1. The van der Waals surface area contributed by atoms with Crippen molar-refractivity contribution in [3.05, 3.63) is 39.3 Å². The molecule has 0 aromatic carbocycles. The van der Waals surface area contributed by atoms with Crippen molar-refractivity contribution in [3.8, 4) is 0 Å². The van der Waals surface area contributed by atoms with E-state index in [-0.39, 0.29) is 10.7 Å². The first-order valence-electron chi connectivity index (χ1n) is 7.27. The number of rotatable bonds is 3. The Bertz CT molecular complexity index is 913. The summed E-state index contributed by atoms with van der Waals surface area (Å²) in [6.07, 6.45) is 3.43. The van der Waals surface area contributed by atoms with Crippen molar-refractivity contribution in [2.45, 2.75) is 31.6 Å². The molecule has 3 rings (SSSR count). The van der Waals surface area contributed by atoms with Gasteiger partial charge in [-0.1, -0.05) is 0 Å². The number of imidazole rings is 1. The highest BCUT2D eigenvalue weighted by Crippen LogP contribution is 2.17. The molecule has 0 saturated heterocycles. The second kappa shape index (κ2) is 5.57. The molecule has 0 bridgehead atoms. The summed E-state index contributed by atoms with van der Waals surface area (Å²) in [4.78, 5) is 25.1. The molecule has 0 radical (unpaired) electrons. The van der Waals surface area contributed by atoms with Crippen molar-refractivity contribution >= 4 is 9.84 Å². The summed E-state index contributed by atoms with van der Waals surface area (Å²) in [5.74, 6) is 0.940. The number of fused-ring (bicyclic) bond motifs is 1. The highest BCUT2D eigenvalue weighted by Gasteiger charge is 2.24. The summed E-state index contributed by atoms with van der Waals surface area (Å²) in [7, 11) is -1.55. The standard InChI is InChI=1S/C14H19N5O3S/c1-9-15-6-10(18(9)2)7-19-5-4-12-11(8-19)13(20)17-14(16-12)23(3,21)22/h6H,4-5,7-8H2,1-3H3,(H,16,17,20). The maximum absolute atomic E-state index is 12.2. The maximum Gasteiger partial charge on any atom is 0.256 e. The van der Waals surface area contributed by atoms with E-state index in [2.05, 4.69) is 19.9 Å². The smallest absolute Gasteiger partial charge is 0.256 e. The average Bonchev–Trinajstić information content (AvgIpc) is 2.79. The largest absolute Gasteiger partial charge is 0.334 e. The molecule has 1 aliphatic heterocycles. The third-order valence-corrected chi connectivity index (χ3v) is 5.08. The molecule has 8 nitrogen and oxygen atoms in total. The normalized spacial score (nSPS) is 15.6. The van der Waals surface area contributed by atoms with Crippen LogP contribution in [0.4, 0.5) is 0 Å². The van der Waals surface area contributed by atoms with E-state index < -0.39 is 9.84 Å². The van der Waals surface area contributed by atoms with Gasteiger partial charge < -0.3 is 4.57 Å². The van der Waals surface area contributed by atoms with Gasteiger partial charge in [0.05, 0.1) is 17.0 Å². The Labute approximate surface area is 134 Å². The Hall–Kier alpha value is -2.00. The molecular weight excluding hydrogens is 318 g/mol. The van der Waals surface area contributed by atoms with E-state index in [9.17, 15) is 13.2 Å². The Kier molecular flexibility index (Phi) is 3.85. The fourth-order valence-electron chi connectivity index (χ4n) is 2.69. The van der Waals surface area contributed by atoms with Crippen LogP contribution in [0, 0.1) is 6.92 Å². The third kappa shape index (κ3) is 3.06. The first kappa shape index (κ1) is 15.9. The van der Waals surface area contributed by atoms with Crippen molar-refractivity contribution in [1.82, 2.24) is 24.4 Å². The Morgan fingerprint density at radius 1 is 1.39 bits per heavy atom. The van der Waals surface area contributed by atoms with Gasteiger partial charge in [-0.15, -0.1) is 0 Å². The fraction of sp³-hybridized carbons (Fsp3) is 0.500. The Balaban J connectivity index is 1.87. The fourth-order valence-corrected chi connectivity index (χ4v) is 3.25. The molecule has 3 heterocycles. The number of hydrogen-bond acceptors (Lipinski definition) is 6.